The molecule has 0 aliphatic rings. The normalized spacial score (nSPS) is 10.5. The monoisotopic (exact) mass is 404 g/mol. The van der Waals surface area contributed by atoms with Crippen molar-refractivity contribution in [2.75, 3.05) is 5.43 Å². The zero-order valence-electron chi connectivity index (χ0n) is 12.4. The number of hydrogen-bond acceptors (Lipinski definition) is 3. The first-order valence-corrected chi connectivity index (χ1v) is 8.75. The summed E-state index contributed by atoms with van der Waals surface area (Å²) in [5.41, 5.74) is 4.53. The average Bonchev–Trinajstić information content (AvgIpc) is 3.18. The highest BCUT2D eigenvalue weighted by Crippen LogP contribution is 2.27. The molecule has 0 unspecified atom stereocenters. The summed E-state index contributed by atoms with van der Waals surface area (Å²) >= 11 is 4.87. The molecule has 0 spiro atoms. The summed E-state index contributed by atoms with van der Waals surface area (Å²) in [7, 11) is 0. The van der Waals surface area contributed by atoms with E-state index < -0.39 is 5.97 Å². The molecule has 2 heterocycles. The molecule has 0 aliphatic carbocycles. The number of rotatable bonds is 5. The first kappa shape index (κ1) is 16.5. The molecule has 24 heavy (non-hydrogen) atoms. The second-order valence-electron chi connectivity index (χ2n) is 5.01. The number of benzene rings is 1. The minimum absolute atomic E-state index is 0.179. The average molecular weight is 405 g/mol. The third kappa shape index (κ3) is 3.42. The van der Waals surface area contributed by atoms with Crippen molar-refractivity contribution in [3.63, 3.8) is 0 Å². The van der Waals surface area contributed by atoms with Gasteiger partial charge in [-0.1, -0.05) is 18.2 Å². The molecule has 2 N–H and O–H groups in total. The number of nitrogens with zero attached hydrogens (tertiary/aromatic N) is 1. The Morgan fingerprint density at radius 3 is 2.58 bits per heavy atom. The fourth-order valence-electron chi connectivity index (χ4n) is 2.33. The molecule has 122 valence electrons. The number of carbonyl (C=O) groups is 2. The first-order chi connectivity index (χ1) is 11.6. The van der Waals surface area contributed by atoms with Gasteiger partial charge in [0.25, 0.3) is 5.91 Å². The largest absolute Gasteiger partial charge is 0.481 e. The van der Waals surface area contributed by atoms with E-state index in [1.165, 1.54) is 11.3 Å². The van der Waals surface area contributed by atoms with Crippen LogP contribution in [0.3, 0.4) is 0 Å². The lowest BCUT2D eigenvalue weighted by molar-refractivity contribution is -0.136. The van der Waals surface area contributed by atoms with Crippen molar-refractivity contribution >= 4 is 39.1 Å². The molecule has 0 saturated heterocycles. The van der Waals surface area contributed by atoms with Crippen LogP contribution in [0.5, 0.6) is 0 Å². The maximum absolute atomic E-state index is 12.6. The van der Waals surface area contributed by atoms with Crippen molar-refractivity contribution < 1.29 is 14.7 Å². The summed E-state index contributed by atoms with van der Waals surface area (Å²) in [4.78, 5) is 24.6. The molecule has 2 aromatic heterocycles. The highest BCUT2D eigenvalue weighted by molar-refractivity contribution is 9.10. The molecular formula is C17H13BrN2O3S. The lowest BCUT2D eigenvalue weighted by atomic mass is 10.2. The van der Waals surface area contributed by atoms with E-state index in [0.717, 1.165) is 10.6 Å². The Kier molecular flexibility index (Phi) is 4.82. The summed E-state index contributed by atoms with van der Waals surface area (Å²) in [6, 6.07) is 14.4. The van der Waals surface area contributed by atoms with Gasteiger partial charge in [0.15, 0.2) is 0 Å². The third-order valence-corrected chi connectivity index (χ3v) is 4.98. The van der Waals surface area contributed by atoms with E-state index in [0.29, 0.717) is 15.7 Å². The lowest BCUT2D eigenvalue weighted by Crippen LogP contribution is -2.26. The fraction of sp³-hybridized carbons (Fsp3) is 0.0588. The van der Waals surface area contributed by atoms with Gasteiger partial charge in [0, 0.05) is 4.47 Å². The number of carbonyl (C=O) groups excluding carboxylic acids is 1. The summed E-state index contributed by atoms with van der Waals surface area (Å²) in [5.74, 6) is -1.27. The van der Waals surface area contributed by atoms with Crippen molar-refractivity contribution in [1.29, 1.82) is 0 Å². The zero-order valence-corrected chi connectivity index (χ0v) is 14.8. The minimum atomic E-state index is -0.956. The molecule has 0 saturated carbocycles. The minimum Gasteiger partial charge on any atom is -0.481 e. The quantitative estimate of drug-likeness (QED) is 0.675. The number of carboxylic acid groups (broad SMARTS) is 1. The van der Waals surface area contributed by atoms with Crippen LogP contribution in [-0.2, 0) is 11.2 Å². The van der Waals surface area contributed by atoms with E-state index in [4.69, 9.17) is 5.11 Å². The summed E-state index contributed by atoms with van der Waals surface area (Å²) in [6.07, 6.45) is -0.179. The molecule has 0 atom stereocenters. The first-order valence-electron chi connectivity index (χ1n) is 7.08. The van der Waals surface area contributed by atoms with Crippen LogP contribution in [0.4, 0.5) is 0 Å². The van der Waals surface area contributed by atoms with E-state index >= 15 is 0 Å². The Balaban J connectivity index is 1.99. The number of amides is 1. The Bertz CT molecular complexity index is 887. The van der Waals surface area contributed by atoms with Crippen LogP contribution in [-0.4, -0.2) is 21.7 Å². The number of aliphatic carboxylic acids is 1. The Labute approximate surface area is 150 Å². The molecule has 0 fully saturated rings. The second kappa shape index (κ2) is 7.02. The number of carboxylic acids is 1. The summed E-state index contributed by atoms with van der Waals surface area (Å²) in [5, 5.41) is 11.0. The van der Waals surface area contributed by atoms with Crippen LogP contribution >= 0.6 is 27.3 Å². The molecular weight excluding hydrogens is 392 g/mol. The van der Waals surface area contributed by atoms with Crippen molar-refractivity contribution in [3.8, 4) is 10.6 Å². The van der Waals surface area contributed by atoms with Gasteiger partial charge in [-0.15, -0.1) is 11.3 Å². The van der Waals surface area contributed by atoms with Crippen molar-refractivity contribution in [2.45, 2.75) is 6.42 Å². The van der Waals surface area contributed by atoms with Gasteiger partial charge in [0.2, 0.25) is 0 Å². The number of aromatic nitrogens is 1. The van der Waals surface area contributed by atoms with Crippen LogP contribution in [0.2, 0.25) is 0 Å². The van der Waals surface area contributed by atoms with Crippen LogP contribution in [0, 0.1) is 0 Å². The van der Waals surface area contributed by atoms with E-state index in [2.05, 4.69) is 21.4 Å². The van der Waals surface area contributed by atoms with Gasteiger partial charge in [0.05, 0.1) is 28.2 Å². The molecule has 3 aromatic rings. The maximum atomic E-state index is 12.6. The van der Waals surface area contributed by atoms with Crippen LogP contribution < -0.4 is 5.43 Å². The molecule has 1 amide bonds. The number of thiophene rings is 1. The Morgan fingerprint density at radius 2 is 1.92 bits per heavy atom. The van der Waals surface area contributed by atoms with Gasteiger partial charge >= 0.3 is 5.97 Å². The van der Waals surface area contributed by atoms with Gasteiger partial charge in [-0.05, 0) is 51.6 Å². The van der Waals surface area contributed by atoms with Gasteiger partial charge in [-0.3, -0.25) is 19.7 Å². The van der Waals surface area contributed by atoms with Gasteiger partial charge < -0.3 is 5.11 Å². The lowest BCUT2D eigenvalue weighted by Gasteiger charge is -2.14. The standard InChI is InChI=1S/C17H13BrN2O3S/c18-13-5-2-1-4-12(13)17(23)19-20-11(10-16(21)22)7-8-14(20)15-6-3-9-24-15/h1-9H,10H2,(H,19,23)(H,21,22). The Morgan fingerprint density at radius 1 is 1.12 bits per heavy atom. The zero-order chi connectivity index (χ0) is 17.1. The smallest absolute Gasteiger partial charge is 0.309 e. The molecule has 1 aromatic carbocycles. The van der Waals surface area contributed by atoms with Gasteiger partial charge in [-0.25, -0.2) is 0 Å². The fourth-order valence-corrected chi connectivity index (χ4v) is 3.53. The maximum Gasteiger partial charge on any atom is 0.309 e. The van der Waals surface area contributed by atoms with Crippen LogP contribution in [0.1, 0.15) is 16.1 Å². The number of nitrogens with one attached hydrogen (secondary N) is 1. The highest BCUT2D eigenvalue weighted by Gasteiger charge is 2.17. The molecule has 7 heteroatoms. The Hall–Kier alpha value is -2.38. The van der Waals surface area contributed by atoms with E-state index in [-0.39, 0.29) is 12.3 Å². The number of halogens is 1. The predicted molar refractivity (Wildman–Crippen MR) is 96.9 cm³/mol. The molecule has 0 bridgehead atoms. The second-order valence-corrected chi connectivity index (χ2v) is 6.82. The van der Waals surface area contributed by atoms with Crippen molar-refractivity contribution in [3.05, 3.63) is 69.6 Å². The van der Waals surface area contributed by atoms with E-state index in [1.807, 2.05) is 29.6 Å². The topological polar surface area (TPSA) is 71.3 Å². The van der Waals surface area contributed by atoms with E-state index in [1.54, 1.807) is 28.9 Å². The predicted octanol–water partition coefficient (Wildman–Crippen LogP) is 3.99. The third-order valence-electron chi connectivity index (χ3n) is 3.40. The molecule has 3 rings (SSSR count). The molecule has 0 radical (unpaired) electrons. The SMILES string of the molecule is O=C(O)Cc1ccc(-c2cccs2)n1NC(=O)c1ccccc1Br. The van der Waals surface area contributed by atoms with Crippen LogP contribution in [0.25, 0.3) is 10.6 Å². The van der Waals surface area contributed by atoms with Crippen molar-refractivity contribution in [1.82, 2.24) is 4.68 Å². The van der Waals surface area contributed by atoms with Crippen molar-refractivity contribution in [2.24, 2.45) is 0 Å². The molecule has 0 aliphatic heterocycles. The summed E-state index contributed by atoms with van der Waals surface area (Å²) in [6.45, 7) is 0. The van der Waals surface area contributed by atoms with E-state index in [9.17, 15) is 9.59 Å². The van der Waals surface area contributed by atoms with Gasteiger partial charge in [0.1, 0.15) is 0 Å². The number of hydrogen-bond donors (Lipinski definition) is 2. The summed E-state index contributed by atoms with van der Waals surface area (Å²) < 4.78 is 2.22. The highest BCUT2D eigenvalue weighted by atomic mass is 79.9. The van der Waals surface area contributed by atoms with Crippen LogP contribution in [0.15, 0.2) is 58.4 Å². The van der Waals surface area contributed by atoms with Gasteiger partial charge in [-0.2, -0.15) is 0 Å². The molecule has 5 nitrogen and oxygen atoms in total.